The number of amides is 3. The van der Waals surface area contributed by atoms with E-state index in [2.05, 4.69) is 17.6 Å². The van der Waals surface area contributed by atoms with Crippen molar-refractivity contribution in [2.24, 2.45) is 5.92 Å². The Morgan fingerprint density at radius 1 is 1.06 bits per heavy atom. The molecule has 1 rings (SSSR count). The Morgan fingerprint density at radius 3 is 2.21 bits per heavy atom. The lowest BCUT2D eigenvalue weighted by atomic mass is 9.95. The third kappa shape index (κ3) is 9.35. The summed E-state index contributed by atoms with van der Waals surface area (Å²) in [4.78, 5) is 41.1. The molecule has 3 unspecified atom stereocenters. The van der Waals surface area contributed by atoms with Gasteiger partial charge in [0.25, 0.3) is 0 Å². The molecule has 0 saturated heterocycles. The minimum absolute atomic E-state index is 0.0139. The van der Waals surface area contributed by atoms with Crippen LogP contribution < -0.4 is 10.6 Å². The average Bonchev–Trinajstić information content (AvgIpc) is 2.67. The number of ether oxygens (including phenoxy) is 1. The molecule has 0 aliphatic carbocycles. The molecular formula is C27H45N3O4. The highest BCUT2D eigenvalue weighted by atomic mass is 16.6. The zero-order chi connectivity index (χ0) is 26.2. The van der Waals surface area contributed by atoms with Gasteiger partial charge in [0.15, 0.2) is 0 Å². The number of aryl methyl sites for hydroxylation is 2. The number of nitrogens with zero attached hydrogens (tertiary/aromatic N) is 1. The summed E-state index contributed by atoms with van der Waals surface area (Å²) in [5.74, 6) is -0.412. The zero-order valence-electron chi connectivity index (χ0n) is 22.7. The molecule has 0 spiro atoms. The summed E-state index contributed by atoms with van der Waals surface area (Å²) in [6.45, 7) is 17.2. The average molecular weight is 476 g/mol. The van der Waals surface area contributed by atoms with Crippen molar-refractivity contribution >= 4 is 17.9 Å². The molecule has 2 N–H and O–H groups in total. The maximum absolute atomic E-state index is 13.7. The fourth-order valence-corrected chi connectivity index (χ4v) is 3.92. The molecule has 7 heteroatoms. The Hall–Kier alpha value is -2.57. The summed E-state index contributed by atoms with van der Waals surface area (Å²) in [5, 5.41) is 5.80. The van der Waals surface area contributed by atoms with Crippen molar-refractivity contribution in [3.8, 4) is 0 Å². The van der Waals surface area contributed by atoms with E-state index in [1.165, 1.54) is 4.90 Å². The highest BCUT2D eigenvalue weighted by molar-refractivity contribution is 5.92. The van der Waals surface area contributed by atoms with Gasteiger partial charge in [-0.2, -0.15) is 0 Å². The first kappa shape index (κ1) is 29.5. The van der Waals surface area contributed by atoms with Crippen LogP contribution in [0.15, 0.2) is 18.2 Å². The molecule has 0 aliphatic heterocycles. The molecular weight excluding hydrogens is 430 g/mol. The number of carbonyl (C=O) groups excluding carboxylic acids is 3. The van der Waals surface area contributed by atoms with Crippen molar-refractivity contribution in [3.63, 3.8) is 0 Å². The first-order valence-electron chi connectivity index (χ1n) is 12.3. The molecule has 7 nitrogen and oxygen atoms in total. The molecule has 0 bridgehead atoms. The molecule has 0 saturated carbocycles. The molecule has 0 radical (unpaired) electrons. The van der Waals surface area contributed by atoms with Gasteiger partial charge in [-0.3, -0.25) is 9.59 Å². The number of hydrogen-bond acceptors (Lipinski definition) is 4. The van der Waals surface area contributed by atoms with Gasteiger partial charge in [-0.1, -0.05) is 51.0 Å². The third-order valence-electron chi connectivity index (χ3n) is 5.52. The second kappa shape index (κ2) is 12.8. The second-order valence-electron chi connectivity index (χ2n) is 10.7. The van der Waals surface area contributed by atoms with Gasteiger partial charge in [-0.15, -0.1) is 0 Å². The summed E-state index contributed by atoms with van der Waals surface area (Å²) in [6.07, 6.45) is 1.57. The van der Waals surface area contributed by atoms with Gasteiger partial charge in [0, 0.05) is 13.1 Å². The van der Waals surface area contributed by atoms with Crippen molar-refractivity contribution < 1.29 is 19.1 Å². The fraction of sp³-hybridized carbons (Fsp3) is 0.667. The summed E-state index contributed by atoms with van der Waals surface area (Å²) in [6, 6.07) is 4.26. The first-order chi connectivity index (χ1) is 15.7. The van der Waals surface area contributed by atoms with Crippen LogP contribution in [0.25, 0.3) is 0 Å². The highest BCUT2D eigenvalue weighted by Crippen LogP contribution is 2.26. The van der Waals surface area contributed by atoms with Crippen LogP contribution in [0.3, 0.4) is 0 Å². The van der Waals surface area contributed by atoms with Gasteiger partial charge in [0.2, 0.25) is 11.8 Å². The van der Waals surface area contributed by atoms with Gasteiger partial charge >= 0.3 is 6.09 Å². The Kier molecular flexibility index (Phi) is 11.1. The standard InChI is InChI=1S/C27H45N3O4/c1-11-12-20(6)28-24(31)23(21-16-18(4)13-14-19(21)5)30(10)25(32)22(15-17(2)3)29-26(33)34-27(7,8)9/h13-14,16-17,20,22-23H,11-12,15H2,1-10H3,(H,28,31)(H,29,33). The molecule has 1 aromatic carbocycles. The number of carbonyl (C=O) groups is 3. The number of rotatable bonds is 10. The Balaban J connectivity index is 3.34. The number of alkyl carbamates (subject to hydrolysis) is 1. The minimum Gasteiger partial charge on any atom is -0.444 e. The van der Waals surface area contributed by atoms with Crippen molar-refractivity contribution in [3.05, 3.63) is 34.9 Å². The SMILES string of the molecule is CCCC(C)NC(=O)C(c1cc(C)ccc1C)N(C)C(=O)C(CC(C)C)NC(=O)OC(C)(C)C. The lowest BCUT2D eigenvalue weighted by molar-refractivity contribution is -0.141. The van der Waals surface area contributed by atoms with Crippen LogP contribution >= 0.6 is 0 Å². The molecule has 0 fully saturated rings. The van der Waals surface area contributed by atoms with Crippen LogP contribution in [-0.2, 0) is 14.3 Å². The van der Waals surface area contributed by atoms with Gasteiger partial charge in [-0.25, -0.2) is 4.79 Å². The van der Waals surface area contributed by atoms with Crippen molar-refractivity contribution in [2.75, 3.05) is 7.05 Å². The van der Waals surface area contributed by atoms with Crippen LogP contribution in [0.1, 0.15) is 90.5 Å². The van der Waals surface area contributed by atoms with E-state index in [0.717, 1.165) is 29.5 Å². The lowest BCUT2D eigenvalue weighted by Gasteiger charge is -2.33. The quantitative estimate of drug-likeness (QED) is 0.496. The van der Waals surface area contributed by atoms with E-state index in [0.29, 0.717) is 6.42 Å². The molecule has 0 aliphatic rings. The zero-order valence-corrected chi connectivity index (χ0v) is 22.7. The first-order valence-corrected chi connectivity index (χ1v) is 12.3. The Labute approximate surface area is 206 Å². The summed E-state index contributed by atoms with van der Waals surface area (Å²) in [7, 11) is 1.63. The van der Waals surface area contributed by atoms with Gasteiger partial charge in [0.05, 0.1) is 0 Å². The van der Waals surface area contributed by atoms with Crippen molar-refractivity contribution in [2.45, 2.75) is 105 Å². The highest BCUT2D eigenvalue weighted by Gasteiger charge is 2.35. The van der Waals surface area contributed by atoms with Gasteiger partial charge < -0.3 is 20.3 Å². The van der Waals surface area contributed by atoms with E-state index in [9.17, 15) is 14.4 Å². The van der Waals surface area contributed by atoms with E-state index in [1.54, 1.807) is 27.8 Å². The van der Waals surface area contributed by atoms with Crippen LogP contribution in [0, 0.1) is 19.8 Å². The summed E-state index contributed by atoms with van der Waals surface area (Å²) < 4.78 is 5.39. The van der Waals surface area contributed by atoms with E-state index in [-0.39, 0.29) is 23.8 Å². The minimum atomic E-state index is -0.818. The van der Waals surface area contributed by atoms with E-state index in [4.69, 9.17) is 4.74 Å². The van der Waals surface area contributed by atoms with Crippen LogP contribution in [-0.4, -0.2) is 47.5 Å². The molecule has 3 amide bonds. The summed E-state index contributed by atoms with van der Waals surface area (Å²) in [5.41, 5.74) is 2.02. The molecule has 3 atom stereocenters. The normalized spacial score (nSPS) is 14.2. The van der Waals surface area contributed by atoms with Crippen LogP contribution in [0.4, 0.5) is 4.79 Å². The van der Waals surface area contributed by atoms with Gasteiger partial charge in [-0.05, 0) is 71.4 Å². The topological polar surface area (TPSA) is 87.7 Å². The van der Waals surface area contributed by atoms with Crippen LogP contribution in [0.2, 0.25) is 0 Å². The summed E-state index contributed by atoms with van der Waals surface area (Å²) >= 11 is 0. The number of likely N-dealkylation sites (N-methyl/N-ethyl adjacent to an activating group) is 1. The van der Waals surface area contributed by atoms with Crippen molar-refractivity contribution in [1.29, 1.82) is 0 Å². The smallest absolute Gasteiger partial charge is 0.408 e. The van der Waals surface area contributed by atoms with E-state index in [1.807, 2.05) is 52.8 Å². The molecule has 192 valence electrons. The maximum Gasteiger partial charge on any atom is 0.408 e. The molecule has 0 heterocycles. The monoisotopic (exact) mass is 475 g/mol. The molecule has 34 heavy (non-hydrogen) atoms. The predicted octanol–water partition coefficient (Wildman–Crippen LogP) is 5.05. The number of nitrogens with one attached hydrogen (secondary N) is 2. The lowest BCUT2D eigenvalue weighted by Crippen LogP contribution is -2.52. The third-order valence-corrected chi connectivity index (χ3v) is 5.52. The van der Waals surface area contributed by atoms with Gasteiger partial charge in [0.1, 0.15) is 17.7 Å². The number of benzene rings is 1. The fourth-order valence-electron chi connectivity index (χ4n) is 3.92. The Morgan fingerprint density at radius 2 is 1.68 bits per heavy atom. The maximum atomic E-state index is 13.7. The van der Waals surface area contributed by atoms with Crippen LogP contribution in [0.5, 0.6) is 0 Å². The Bertz CT molecular complexity index is 845. The number of hydrogen-bond donors (Lipinski definition) is 2. The predicted molar refractivity (Wildman–Crippen MR) is 137 cm³/mol. The van der Waals surface area contributed by atoms with E-state index >= 15 is 0 Å². The molecule has 1 aromatic rings. The second-order valence-corrected chi connectivity index (χ2v) is 10.7. The largest absolute Gasteiger partial charge is 0.444 e. The molecule has 0 aromatic heterocycles. The van der Waals surface area contributed by atoms with Crippen molar-refractivity contribution in [1.82, 2.24) is 15.5 Å². The van der Waals surface area contributed by atoms with E-state index < -0.39 is 23.8 Å².